The molecule has 1 aromatic rings. The van der Waals surface area contributed by atoms with Gasteiger partial charge in [-0.2, -0.15) is 0 Å². The second-order valence-corrected chi connectivity index (χ2v) is 4.01. The van der Waals surface area contributed by atoms with Crippen molar-refractivity contribution in [3.8, 4) is 5.75 Å². The van der Waals surface area contributed by atoms with Crippen LogP contribution >= 0.6 is 0 Å². The van der Waals surface area contributed by atoms with Crippen molar-refractivity contribution in [1.82, 2.24) is 0 Å². The van der Waals surface area contributed by atoms with E-state index in [1.807, 2.05) is 6.92 Å². The summed E-state index contributed by atoms with van der Waals surface area (Å²) in [6, 6.07) is 1.76. The summed E-state index contributed by atoms with van der Waals surface area (Å²) in [4.78, 5) is 22.8. The zero-order chi connectivity index (χ0) is 15.1. The number of benzene rings is 1. The number of Topliss-reactive ketones (excluding diaryl/α,β-unsaturated/α-hetero) is 1. The van der Waals surface area contributed by atoms with Crippen LogP contribution in [0.5, 0.6) is 5.75 Å². The van der Waals surface area contributed by atoms with Crippen LogP contribution in [-0.4, -0.2) is 25.0 Å². The van der Waals surface area contributed by atoms with E-state index in [2.05, 4.69) is 4.74 Å². The van der Waals surface area contributed by atoms with E-state index in [4.69, 9.17) is 4.74 Å². The molecular weight excluding hydrogens is 270 g/mol. The maximum absolute atomic E-state index is 13.7. The maximum atomic E-state index is 13.7. The molecule has 0 aliphatic rings. The zero-order valence-electron chi connectivity index (χ0n) is 11.4. The Kier molecular flexibility index (Phi) is 6.09. The highest BCUT2D eigenvalue weighted by Crippen LogP contribution is 2.21. The first-order chi connectivity index (χ1) is 9.51. The van der Waals surface area contributed by atoms with Crippen LogP contribution < -0.4 is 4.74 Å². The number of unbranched alkanes of at least 4 members (excludes halogenated alkanes) is 1. The van der Waals surface area contributed by atoms with Gasteiger partial charge in [-0.05, 0) is 13.3 Å². The summed E-state index contributed by atoms with van der Waals surface area (Å²) in [5, 5.41) is 0. The van der Waals surface area contributed by atoms with Gasteiger partial charge in [0.25, 0.3) is 5.78 Å². The molecule has 0 aliphatic heterocycles. The molecule has 6 heteroatoms. The highest BCUT2D eigenvalue weighted by molar-refractivity contribution is 6.40. The molecule has 0 bridgehead atoms. The van der Waals surface area contributed by atoms with Crippen LogP contribution in [0.3, 0.4) is 0 Å². The number of ketones is 1. The van der Waals surface area contributed by atoms with Crippen molar-refractivity contribution in [2.75, 3.05) is 13.2 Å². The van der Waals surface area contributed by atoms with Gasteiger partial charge in [0.05, 0.1) is 13.2 Å². The average molecular weight is 286 g/mol. The second kappa shape index (κ2) is 7.57. The Labute approximate surface area is 115 Å². The lowest BCUT2D eigenvalue weighted by molar-refractivity contribution is -0.137. The first kappa shape index (κ1) is 16.1. The zero-order valence-corrected chi connectivity index (χ0v) is 11.4. The monoisotopic (exact) mass is 286 g/mol. The molecule has 0 atom stereocenters. The molecule has 20 heavy (non-hydrogen) atoms. The summed E-state index contributed by atoms with van der Waals surface area (Å²) in [6.07, 6.45) is 1.62. The summed E-state index contributed by atoms with van der Waals surface area (Å²) < 4.78 is 37.0. The number of esters is 1. The van der Waals surface area contributed by atoms with Crippen LogP contribution in [0.25, 0.3) is 0 Å². The second-order valence-electron chi connectivity index (χ2n) is 4.01. The van der Waals surface area contributed by atoms with E-state index < -0.39 is 29.0 Å². The van der Waals surface area contributed by atoms with Crippen LogP contribution in [0.15, 0.2) is 12.1 Å². The first-order valence-corrected chi connectivity index (χ1v) is 6.34. The lowest BCUT2D eigenvalue weighted by atomic mass is 10.1. The molecule has 0 N–H and O–H groups in total. The molecule has 0 unspecified atom stereocenters. The summed E-state index contributed by atoms with van der Waals surface area (Å²) in [7, 11) is 0. The smallest absolute Gasteiger partial charge is 0.379 e. The largest absolute Gasteiger partial charge is 0.493 e. The van der Waals surface area contributed by atoms with Gasteiger partial charge in [0.2, 0.25) is 0 Å². The van der Waals surface area contributed by atoms with Crippen molar-refractivity contribution in [1.29, 1.82) is 0 Å². The molecule has 0 aromatic heterocycles. The summed E-state index contributed by atoms with van der Waals surface area (Å²) in [5.74, 6) is -4.94. The SMILES string of the molecule is CCCCOc1cc(F)c(C(=O)C(=O)OCC)c(F)c1. The third-order valence-corrected chi connectivity index (χ3v) is 2.47. The molecule has 0 aliphatic carbocycles. The Balaban J connectivity index is 2.94. The molecule has 1 rings (SSSR count). The fraction of sp³-hybridized carbons (Fsp3) is 0.429. The number of halogens is 2. The van der Waals surface area contributed by atoms with Gasteiger partial charge in [-0.3, -0.25) is 4.79 Å². The van der Waals surface area contributed by atoms with E-state index >= 15 is 0 Å². The van der Waals surface area contributed by atoms with Gasteiger partial charge in [0.1, 0.15) is 22.9 Å². The van der Waals surface area contributed by atoms with Crippen molar-refractivity contribution in [2.24, 2.45) is 0 Å². The fourth-order valence-electron chi connectivity index (χ4n) is 1.48. The van der Waals surface area contributed by atoms with Crippen molar-refractivity contribution in [3.05, 3.63) is 29.3 Å². The molecule has 4 nitrogen and oxygen atoms in total. The third kappa shape index (κ3) is 4.01. The molecule has 0 spiro atoms. The Morgan fingerprint density at radius 2 is 1.75 bits per heavy atom. The van der Waals surface area contributed by atoms with E-state index in [0.29, 0.717) is 6.61 Å². The minimum absolute atomic E-state index is 0.0196. The Bertz CT molecular complexity index is 477. The van der Waals surface area contributed by atoms with Crippen molar-refractivity contribution in [3.63, 3.8) is 0 Å². The van der Waals surface area contributed by atoms with E-state index in [1.54, 1.807) is 0 Å². The van der Waals surface area contributed by atoms with E-state index in [0.717, 1.165) is 25.0 Å². The first-order valence-electron chi connectivity index (χ1n) is 6.34. The van der Waals surface area contributed by atoms with E-state index in [1.165, 1.54) is 6.92 Å². The molecule has 0 fully saturated rings. The molecule has 0 heterocycles. The normalized spacial score (nSPS) is 10.2. The van der Waals surface area contributed by atoms with Gasteiger partial charge < -0.3 is 9.47 Å². The van der Waals surface area contributed by atoms with Gasteiger partial charge in [0.15, 0.2) is 0 Å². The number of carbonyl (C=O) groups is 2. The minimum Gasteiger partial charge on any atom is -0.493 e. The topological polar surface area (TPSA) is 52.6 Å². The number of hydrogen-bond acceptors (Lipinski definition) is 4. The van der Waals surface area contributed by atoms with Gasteiger partial charge in [-0.15, -0.1) is 0 Å². The average Bonchev–Trinajstić information content (AvgIpc) is 2.38. The summed E-state index contributed by atoms with van der Waals surface area (Å²) >= 11 is 0. The van der Waals surface area contributed by atoms with Crippen molar-refractivity contribution < 1.29 is 27.8 Å². The molecular formula is C14H16F2O4. The molecule has 1 aromatic carbocycles. The van der Waals surface area contributed by atoms with E-state index in [-0.39, 0.29) is 12.4 Å². The molecule has 0 saturated heterocycles. The summed E-state index contributed by atoms with van der Waals surface area (Å²) in [5.41, 5.74) is -0.925. The van der Waals surface area contributed by atoms with Crippen molar-refractivity contribution >= 4 is 11.8 Å². The molecule has 0 radical (unpaired) electrons. The van der Waals surface area contributed by atoms with Crippen LogP contribution in [-0.2, 0) is 9.53 Å². The number of hydrogen-bond donors (Lipinski definition) is 0. The van der Waals surface area contributed by atoms with Crippen molar-refractivity contribution in [2.45, 2.75) is 26.7 Å². The molecule has 110 valence electrons. The highest BCUT2D eigenvalue weighted by atomic mass is 19.1. The van der Waals surface area contributed by atoms with E-state index in [9.17, 15) is 18.4 Å². The summed E-state index contributed by atoms with van der Waals surface area (Å²) in [6.45, 7) is 3.71. The minimum atomic E-state index is -1.35. The van der Waals surface area contributed by atoms with Gasteiger partial charge in [-0.25, -0.2) is 13.6 Å². The van der Waals surface area contributed by atoms with Crippen LogP contribution in [0.2, 0.25) is 0 Å². The molecule has 0 amide bonds. The molecule has 0 saturated carbocycles. The maximum Gasteiger partial charge on any atom is 0.379 e. The predicted octanol–water partition coefficient (Wildman–Crippen LogP) is 2.89. The van der Waals surface area contributed by atoms with Gasteiger partial charge >= 0.3 is 5.97 Å². The Morgan fingerprint density at radius 3 is 2.25 bits per heavy atom. The fourth-order valence-corrected chi connectivity index (χ4v) is 1.48. The van der Waals surface area contributed by atoms with Gasteiger partial charge in [0, 0.05) is 12.1 Å². The predicted molar refractivity (Wildman–Crippen MR) is 67.7 cm³/mol. The Hall–Kier alpha value is -1.98. The van der Waals surface area contributed by atoms with Gasteiger partial charge in [-0.1, -0.05) is 13.3 Å². The number of rotatable bonds is 7. The number of carbonyl (C=O) groups excluding carboxylic acids is 2. The van der Waals surface area contributed by atoms with Crippen LogP contribution in [0, 0.1) is 11.6 Å². The van der Waals surface area contributed by atoms with Crippen LogP contribution in [0.1, 0.15) is 37.0 Å². The highest BCUT2D eigenvalue weighted by Gasteiger charge is 2.26. The lowest BCUT2D eigenvalue weighted by Crippen LogP contribution is -2.20. The number of ether oxygens (including phenoxy) is 2. The Morgan fingerprint density at radius 1 is 1.15 bits per heavy atom. The third-order valence-electron chi connectivity index (χ3n) is 2.47. The quantitative estimate of drug-likeness (QED) is 0.335. The lowest BCUT2D eigenvalue weighted by Gasteiger charge is -2.08. The van der Waals surface area contributed by atoms with Crippen LogP contribution in [0.4, 0.5) is 8.78 Å². The standard InChI is InChI=1S/C14H16F2O4/c1-3-5-6-20-9-7-10(15)12(11(16)8-9)13(17)14(18)19-4-2/h7-8H,3-6H2,1-2H3.